The number of urea groups is 1. The molecular formula is C20H25N7O3. The highest BCUT2D eigenvalue weighted by molar-refractivity contribution is 5.94. The van der Waals surface area contributed by atoms with Crippen molar-refractivity contribution in [3.8, 4) is 11.3 Å². The van der Waals surface area contributed by atoms with Crippen LogP contribution in [0.25, 0.3) is 22.3 Å². The molecule has 10 nitrogen and oxygen atoms in total. The Morgan fingerprint density at radius 3 is 2.83 bits per heavy atom. The summed E-state index contributed by atoms with van der Waals surface area (Å²) in [5.74, 6) is 0.611. The average molecular weight is 411 g/mol. The number of amides is 2. The largest absolute Gasteiger partial charge is 0.396 e. The van der Waals surface area contributed by atoms with Crippen LogP contribution in [0.1, 0.15) is 12.6 Å². The van der Waals surface area contributed by atoms with Gasteiger partial charge in [0.1, 0.15) is 0 Å². The van der Waals surface area contributed by atoms with E-state index >= 15 is 0 Å². The molecule has 3 heterocycles. The van der Waals surface area contributed by atoms with Gasteiger partial charge in [-0.15, -0.1) is 0 Å². The number of carbonyl (C=O) groups is 1. The van der Waals surface area contributed by atoms with E-state index in [9.17, 15) is 9.90 Å². The number of hydrogen-bond donors (Lipinski definition) is 4. The maximum atomic E-state index is 11.5. The molecule has 1 aromatic carbocycles. The predicted octanol–water partition coefficient (Wildman–Crippen LogP) is 1.53. The lowest BCUT2D eigenvalue weighted by Gasteiger charge is -2.33. The number of rotatable bonds is 5. The summed E-state index contributed by atoms with van der Waals surface area (Å²) in [5, 5.41) is 22.8. The molecule has 4 N–H and O–H groups in total. The standard InChI is InChI=1S/C20H25N7O3/c1-12-11-30-10-8-27(12)19-23-17(16-15(7-9-28)25-26-18(16)24-19)13-3-5-14(6-4-13)22-20(29)21-2/h3-6,12,28H,7-11H2,1-2H3,(H2,21,22,29)(H,23,24,25,26)/t12-/m0/s1. The summed E-state index contributed by atoms with van der Waals surface area (Å²) in [7, 11) is 1.57. The van der Waals surface area contributed by atoms with Crippen molar-refractivity contribution in [1.82, 2.24) is 25.5 Å². The zero-order chi connectivity index (χ0) is 21.1. The fraction of sp³-hybridized carbons (Fsp3) is 0.400. The van der Waals surface area contributed by atoms with Gasteiger partial charge in [0.15, 0.2) is 5.65 Å². The highest BCUT2D eigenvalue weighted by Crippen LogP contribution is 2.31. The Morgan fingerprint density at radius 1 is 1.33 bits per heavy atom. The Morgan fingerprint density at radius 2 is 2.13 bits per heavy atom. The van der Waals surface area contributed by atoms with Gasteiger partial charge in [0, 0.05) is 37.9 Å². The summed E-state index contributed by atoms with van der Waals surface area (Å²) in [6, 6.07) is 7.31. The second-order valence-electron chi connectivity index (χ2n) is 7.14. The van der Waals surface area contributed by atoms with E-state index in [-0.39, 0.29) is 18.7 Å². The molecule has 2 amide bonds. The van der Waals surface area contributed by atoms with Crippen LogP contribution in [0.2, 0.25) is 0 Å². The number of nitrogens with zero attached hydrogens (tertiary/aromatic N) is 4. The molecule has 4 rings (SSSR count). The summed E-state index contributed by atoms with van der Waals surface area (Å²) in [6.07, 6.45) is 0.403. The van der Waals surface area contributed by atoms with Crippen molar-refractivity contribution in [2.45, 2.75) is 19.4 Å². The van der Waals surface area contributed by atoms with Crippen LogP contribution in [-0.4, -0.2) is 70.8 Å². The summed E-state index contributed by atoms with van der Waals surface area (Å²) in [4.78, 5) is 23.3. The Labute approximate surface area is 173 Å². The number of aromatic nitrogens is 4. The van der Waals surface area contributed by atoms with Crippen LogP contribution >= 0.6 is 0 Å². The Bertz CT molecular complexity index is 1030. The van der Waals surface area contributed by atoms with Gasteiger partial charge in [0.25, 0.3) is 0 Å². The lowest BCUT2D eigenvalue weighted by molar-refractivity contribution is 0.0981. The number of morpholine rings is 1. The third kappa shape index (κ3) is 3.91. The number of aromatic amines is 1. The predicted molar refractivity (Wildman–Crippen MR) is 114 cm³/mol. The van der Waals surface area contributed by atoms with Crippen LogP contribution in [-0.2, 0) is 11.2 Å². The first-order chi connectivity index (χ1) is 14.6. The molecule has 2 aromatic heterocycles. The maximum absolute atomic E-state index is 11.5. The second-order valence-corrected chi connectivity index (χ2v) is 7.14. The monoisotopic (exact) mass is 411 g/mol. The van der Waals surface area contributed by atoms with Gasteiger partial charge < -0.3 is 25.4 Å². The van der Waals surface area contributed by atoms with Crippen LogP contribution in [0.3, 0.4) is 0 Å². The quantitative estimate of drug-likeness (QED) is 0.501. The van der Waals surface area contributed by atoms with Crippen LogP contribution < -0.4 is 15.5 Å². The lowest BCUT2D eigenvalue weighted by Crippen LogP contribution is -2.44. The first-order valence-electron chi connectivity index (χ1n) is 9.90. The molecular weight excluding hydrogens is 386 g/mol. The zero-order valence-corrected chi connectivity index (χ0v) is 17.0. The van der Waals surface area contributed by atoms with E-state index in [1.807, 2.05) is 24.3 Å². The van der Waals surface area contributed by atoms with E-state index in [0.29, 0.717) is 43.5 Å². The van der Waals surface area contributed by atoms with Crippen molar-refractivity contribution in [1.29, 1.82) is 0 Å². The van der Waals surface area contributed by atoms with Gasteiger partial charge in [-0.05, 0) is 19.1 Å². The molecule has 3 aromatic rings. The molecule has 0 bridgehead atoms. The van der Waals surface area contributed by atoms with Gasteiger partial charge in [0.2, 0.25) is 5.95 Å². The van der Waals surface area contributed by atoms with Crippen molar-refractivity contribution < 1.29 is 14.6 Å². The van der Waals surface area contributed by atoms with E-state index in [0.717, 1.165) is 22.3 Å². The molecule has 0 saturated carbocycles. The number of aliphatic hydroxyl groups excluding tert-OH is 1. The summed E-state index contributed by atoms with van der Waals surface area (Å²) >= 11 is 0. The number of hydrogen-bond acceptors (Lipinski definition) is 7. The number of carbonyl (C=O) groups excluding carboxylic acids is 1. The molecule has 158 valence electrons. The topological polar surface area (TPSA) is 128 Å². The molecule has 1 aliphatic heterocycles. The van der Waals surface area contributed by atoms with Crippen LogP contribution in [0.4, 0.5) is 16.4 Å². The lowest BCUT2D eigenvalue weighted by atomic mass is 10.1. The van der Waals surface area contributed by atoms with Crippen molar-refractivity contribution in [2.75, 3.05) is 43.6 Å². The highest BCUT2D eigenvalue weighted by Gasteiger charge is 2.24. The first kappa shape index (κ1) is 20.0. The third-order valence-electron chi connectivity index (χ3n) is 5.10. The number of nitrogens with one attached hydrogen (secondary N) is 3. The first-order valence-corrected chi connectivity index (χ1v) is 9.90. The van der Waals surface area contributed by atoms with Crippen molar-refractivity contribution in [3.05, 3.63) is 30.0 Å². The normalized spacial score (nSPS) is 16.6. The van der Waals surface area contributed by atoms with Gasteiger partial charge in [-0.2, -0.15) is 10.1 Å². The highest BCUT2D eigenvalue weighted by atomic mass is 16.5. The summed E-state index contributed by atoms with van der Waals surface area (Å²) < 4.78 is 5.54. The van der Waals surface area contributed by atoms with Crippen LogP contribution in [0.5, 0.6) is 0 Å². The molecule has 0 spiro atoms. The molecule has 1 saturated heterocycles. The Balaban J connectivity index is 1.79. The van der Waals surface area contributed by atoms with Gasteiger partial charge in [0.05, 0.1) is 36.0 Å². The van der Waals surface area contributed by atoms with E-state index < -0.39 is 0 Å². The van der Waals surface area contributed by atoms with E-state index in [1.54, 1.807) is 7.05 Å². The SMILES string of the molecule is CNC(=O)Nc1ccc(-c2nc(N3CCOC[C@@H]3C)nc3[nH]nc(CCO)c23)cc1. The smallest absolute Gasteiger partial charge is 0.318 e. The Hall–Kier alpha value is -3.24. The molecule has 1 atom stereocenters. The van der Waals surface area contributed by atoms with E-state index in [1.165, 1.54) is 0 Å². The number of anilines is 2. The maximum Gasteiger partial charge on any atom is 0.318 e. The summed E-state index contributed by atoms with van der Waals surface area (Å²) in [5.41, 5.74) is 3.62. The number of benzene rings is 1. The zero-order valence-electron chi connectivity index (χ0n) is 17.0. The number of ether oxygens (including phenoxy) is 1. The fourth-order valence-electron chi connectivity index (χ4n) is 3.53. The molecule has 30 heavy (non-hydrogen) atoms. The van der Waals surface area contributed by atoms with Gasteiger partial charge in [-0.3, -0.25) is 5.10 Å². The fourth-order valence-corrected chi connectivity index (χ4v) is 3.53. The number of H-pyrrole nitrogens is 1. The minimum atomic E-state index is -0.282. The molecule has 0 aliphatic carbocycles. The van der Waals surface area contributed by atoms with E-state index in [4.69, 9.17) is 14.7 Å². The molecule has 0 radical (unpaired) electrons. The molecule has 1 fully saturated rings. The van der Waals surface area contributed by atoms with E-state index in [2.05, 4.69) is 32.7 Å². The number of aliphatic hydroxyl groups is 1. The molecule has 10 heteroatoms. The van der Waals surface area contributed by atoms with Crippen molar-refractivity contribution in [2.24, 2.45) is 0 Å². The van der Waals surface area contributed by atoms with Crippen molar-refractivity contribution in [3.63, 3.8) is 0 Å². The van der Waals surface area contributed by atoms with Gasteiger partial charge in [-0.1, -0.05) is 12.1 Å². The minimum absolute atomic E-state index is 0.0172. The van der Waals surface area contributed by atoms with Crippen LogP contribution in [0, 0.1) is 0 Å². The number of fused-ring (bicyclic) bond motifs is 1. The van der Waals surface area contributed by atoms with Crippen LogP contribution in [0.15, 0.2) is 24.3 Å². The van der Waals surface area contributed by atoms with Gasteiger partial charge in [-0.25, -0.2) is 9.78 Å². The average Bonchev–Trinajstić information content (AvgIpc) is 3.17. The van der Waals surface area contributed by atoms with Gasteiger partial charge >= 0.3 is 6.03 Å². The third-order valence-corrected chi connectivity index (χ3v) is 5.10. The minimum Gasteiger partial charge on any atom is -0.396 e. The second kappa shape index (κ2) is 8.64. The molecule has 0 unspecified atom stereocenters. The van der Waals surface area contributed by atoms with Crippen molar-refractivity contribution >= 4 is 28.7 Å². The summed E-state index contributed by atoms with van der Waals surface area (Å²) in [6.45, 7) is 4.01. The Kier molecular flexibility index (Phi) is 5.77. The molecule has 1 aliphatic rings.